The highest BCUT2D eigenvalue weighted by molar-refractivity contribution is 8.13. The van der Waals surface area contributed by atoms with Crippen LogP contribution in [0.5, 0.6) is 0 Å². The van der Waals surface area contributed by atoms with Crippen molar-refractivity contribution >= 4 is 17.1 Å². The zero-order valence-corrected chi connectivity index (χ0v) is 25.2. The first-order valence-corrected chi connectivity index (χ1v) is 17.4. The average molecular weight is 529 g/mol. The monoisotopic (exact) mass is 528 g/mol. The third kappa shape index (κ3) is 6.02. The fourth-order valence-corrected chi connectivity index (χ4v) is 10.9. The number of unbranched alkanes of at least 4 members (excludes halogenated alkanes) is 5. The van der Waals surface area contributed by atoms with E-state index in [2.05, 4.69) is 26.8 Å². The van der Waals surface area contributed by atoms with Crippen LogP contribution in [-0.4, -0.2) is 16.7 Å². The van der Waals surface area contributed by atoms with E-state index in [0.29, 0.717) is 16.1 Å². The molecule has 37 heavy (non-hydrogen) atoms. The molecule has 4 saturated carbocycles. The number of rotatable bonds is 9. The molecule has 5 rings (SSSR count). The fourth-order valence-electron chi connectivity index (χ4n) is 9.97. The van der Waals surface area contributed by atoms with Crippen LogP contribution in [0.25, 0.3) is 0 Å². The van der Waals surface area contributed by atoms with Gasteiger partial charge in [0.2, 0.25) is 0 Å². The first kappa shape index (κ1) is 28.1. The minimum absolute atomic E-state index is 0.00517. The number of ether oxygens (including phenoxy) is 1. The molecule has 5 aliphatic carbocycles. The van der Waals surface area contributed by atoms with Crippen LogP contribution in [0.3, 0.4) is 0 Å². The van der Waals surface area contributed by atoms with E-state index < -0.39 is 0 Å². The molecule has 0 bridgehead atoms. The van der Waals surface area contributed by atoms with Crippen molar-refractivity contribution in [3.63, 3.8) is 0 Å². The van der Waals surface area contributed by atoms with Crippen LogP contribution in [0.2, 0.25) is 0 Å². The standard InChI is InChI=1S/C34H56O2S/c1-4-5-6-7-8-10-13-25-17-19-30-29-18-16-26-24-28(37-32(35)36-27-14-11-9-12-15-27)20-22-34(26,3)31(29)21-23-33(25,30)2/h16,25,27-31H,4-15,17-24H2,1-3H3. The molecule has 0 aromatic carbocycles. The van der Waals surface area contributed by atoms with Crippen LogP contribution in [0, 0.1) is 34.5 Å². The molecule has 210 valence electrons. The number of hydrogen-bond acceptors (Lipinski definition) is 3. The maximum absolute atomic E-state index is 12.7. The second kappa shape index (κ2) is 12.4. The maximum atomic E-state index is 12.7. The number of carbonyl (C=O) groups excluding carboxylic acids is 1. The number of hydrogen-bond donors (Lipinski definition) is 0. The number of thioether (sulfide) groups is 1. The number of carbonyl (C=O) groups is 1. The van der Waals surface area contributed by atoms with E-state index >= 15 is 0 Å². The molecular formula is C34H56O2S. The summed E-state index contributed by atoms with van der Waals surface area (Å²) in [5.41, 5.74) is 2.68. The highest BCUT2D eigenvalue weighted by Crippen LogP contribution is 2.67. The first-order chi connectivity index (χ1) is 17.9. The predicted molar refractivity (Wildman–Crippen MR) is 158 cm³/mol. The second-order valence-electron chi connectivity index (χ2n) is 14.2. The van der Waals surface area contributed by atoms with E-state index in [1.807, 2.05) is 0 Å². The van der Waals surface area contributed by atoms with Crippen molar-refractivity contribution < 1.29 is 9.53 Å². The largest absolute Gasteiger partial charge is 0.454 e. The van der Waals surface area contributed by atoms with E-state index in [-0.39, 0.29) is 11.4 Å². The molecule has 0 radical (unpaired) electrons. The summed E-state index contributed by atoms with van der Waals surface area (Å²) in [4.78, 5) is 12.7. The normalized spacial score (nSPS) is 39.9. The van der Waals surface area contributed by atoms with Crippen LogP contribution in [0.15, 0.2) is 11.6 Å². The Morgan fingerprint density at radius 1 is 0.919 bits per heavy atom. The van der Waals surface area contributed by atoms with Gasteiger partial charge in [0.15, 0.2) is 0 Å². The van der Waals surface area contributed by atoms with Gasteiger partial charge in [-0.05, 0) is 130 Å². The molecule has 0 saturated heterocycles. The smallest absolute Gasteiger partial charge is 0.367 e. The average Bonchev–Trinajstić information content (AvgIpc) is 3.23. The van der Waals surface area contributed by atoms with Crippen LogP contribution in [0.1, 0.15) is 149 Å². The maximum Gasteiger partial charge on any atom is 0.367 e. The summed E-state index contributed by atoms with van der Waals surface area (Å²) >= 11 is 1.52. The Morgan fingerprint density at radius 3 is 2.51 bits per heavy atom. The lowest BCUT2D eigenvalue weighted by atomic mass is 9.47. The summed E-state index contributed by atoms with van der Waals surface area (Å²) in [6.45, 7) is 7.64. The van der Waals surface area contributed by atoms with Gasteiger partial charge in [0.05, 0.1) is 0 Å². The lowest BCUT2D eigenvalue weighted by Gasteiger charge is -2.58. The molecule has 7 unspecified atom stereocenters. The summed E-state index contributed by atoms with van der Waals surface area (Å²) in [6, 6.07) is 0. The van der Waals surface area contributed by atoms with Crippen molar-refractivity contribution in [3.8, 4) is 0 Å². The molecule has 0 amide bonds. The van der Waals surface area contributed by atoms with Crippen molar-refractivity contribution in [2.45, 2.75) is 161 Å². The summed E-state index contributed by atoms with van der Waals surface area (Å²) in [7, 11) is 0. The van der Waals surface area contributed by atoms with Crippen LogP contribution >= 0.6 is 11.8 Å². The Balaban J connectivity index is 1.16. The van der Waals surface area contributed by atoms with E-state index in [0.717, 1.165) is 42.9 Å². The minimum atomic E-state index is 0.00517. The SMILES string of the molecule is CCCCCCCCC1CCC2C3CC=C4CC(SC(=O)OC5CCCCC5)CCC4(C)C3CCC12C. The molecule has 0 N–H and O–H groups in total. The molecule has 2 nitrogen and oxygen atoms in total. The van der Waals surface area contributed by atoms with Gasteiger partial charge in [0.25, 0.3) is 0 Å². The van der Waals surface area contributed by atoms with Gasteiger partial charge in [0, 0.05) is 5.25 Å². The summed E-state index contributed by atoms with van der Waals surface area (Å²) in [5, 5.41) is 0.430. The molecule has 0 heterocycles. The predicted octanol–water partition coefficient (Wildman–Crippen LogP) is 10.9. The highest BCUT2D eigenvalue weighted by Gasteiger charge is 2.58. The van der Waals surface area contributed by atoms with E-state index in [4.69, 9.17) is 4.74 Å². The van der Waals surface area contributed by atoms with Gasteiger partial charge in [-0.3, -0.25) is 0 Å². The zero-order chi connectivity index (χ0) is 25.9. The van der Waals surface area contributed by atoms with Crippen molar-refractivity contribution in [2.75, 3.05) is 0 Å². The van der Waals surface area contributed by atoms with Crippen molar-refractivity contribution in [3.05, 3.63) is 11.6 Å². The molecule has 0 aliphatic heterocycles. The van der Waals surface area contributed by atoms with Crippen LogP contribution in [-0.2, 0) is 4.74 Å². The third-order valence-electron chi connectivity index (χ3n) is 12.2. The molecule has 3 heteroatoms. The molecule has 0 aromatic heterocycles. The van der Waals surface area contributed by atoms with Crippen LogP contribution < -0.4 is 0 Å². The number of allylic oxidation sites excluding steroid dienone is 2. The Bertz CT molecular complexity index is 800. The highest BCUT2D eigenvalue weighted by atomic mass is 32.2. The summed E-state index contributed by atoms with van der Waals surface area (Å²) in [6.07, 6.45) is 29.6. The molecule has 5 aliphatic rings. The first-order valence-electron chi connectivity index (χ1n) is 16.5. The lowest BCUT2D eigenvalue weighted by molar-refractivity contribution is -0.0422. The van der Waals surface area contributed by atoms with Gasteiger partial charge in [-0.2, -0.15) is 0 Å². The van der Waals surface area contributed by atoms with Crippen molar-refractivity contribution in [2.24, 2.45) is 34.5 Å². The van der Waals surface area contributed by atoms with E-state index in [1.54, 1.807) is 5.57 Å². The fraction of sp³-hybridized carbons (Fsp3) is 0.912. The van der Waals surface area contributed by atoms with E-state index in [1.165, 1.54) is 121 Å². The molecule has 7 atom stereocenters. The summed E-state index contributed by atoms with van der Waals surface area (Å²) in [5.74, 6) is 3.70. The zero-order valence-electron chi connectivity index (χ0n) is 24.4. The van der Waals surface area contributed by atoms with Gasteiger partial charge < -0.3 is 4.74 Å². The van der Waals surface area contributed by atoms with E-state index in [9.17, 15) is 4.79 Å². The van der Waals surface area contributed by atoms with Crippen molar-refractivity contribution in [1.29, 1.82) is 0 Å². The Labute approximate surface area is 232 Å². The van der Waals surface area contributed by atoms with Gasteiger partial charge in [-0.15, -0.1) is 0 Å². The van der Waals surface area contributed by atoms with Gasteiger partial charge in [-0.25, -0.2) is 4.79 Å². The second-order valence-corrected chi connectivity index (χ2v) is 15.5. The minimum Gasteiger partial charge on any atom is -0.454 e. The van der Waals surface area contributed by atoms with Gasteiger partial charge in [0.1, 0.15) is 6.10 Å². The number of fused-ring (bicyclic) bond motifs is 5. The third-order valence-corrected chi connectivity index (χ3v) is 13.3. The van der Waals surface area contributed by atoms with Crippen LogP contribution in [0.4, 0.5) is 4.79 Å². The Kier molecular flexibility index (Phi) is 9.41. The molecular weight excluding hydrogens is 472 g/mol. The van der Waals surface area contributed by atoms with Gasteiger partial charge in [-0.1, -0.05) is 77.4 Å². The Morgan fingerprint density at radius 2 is 1.70 bits per heavy atom. The summed E-state index contributed by atoms with van der Waals surface area (Å²) < 4.78 is 5.87. The molecule has 4 fully saturated rings. The van der Waals surface area contributed by atoms with Crippen molar-refractivity contribution in [1.82, 2.24) is 0 Å². The topological polar surface area (TPSA) is 26.3 Å². The van der Waals surface area contributed by atoms with Gasteiger partial charge >= 0.3 is 5.30 Å². The lowest BCUT2D eigenvalue weighted by Crippen LogP contribution is -2.50. The molecule has 0 spiro atoms. The Hall–Kier alpha value is -0.440. The molecule has 0 aromatic rings. The quantitative estimate of drug-likeness (QED) is 0.169.